The Labute approximate surface area is 179 Å². The van der Waals surface area contributed by atoms with Crippen molar-refractivity contribution in [2.24, 2.45) is 0 Å². The first-order valence-corrected chi connectivity index (χ1v) is 9.89. The molecule has 0 unspecified atom stereocenters. The second-order valence-electron chi connectivity index (χ2n) is 8.00. The van der Waals surface area contributed by atoms with E-state index in [4.69, 9.17) is 0 Å². The SMILES string of the molecule is Cc1cc(F)c(CNC(=O)c2cn3c(c(O)c2=O)C(=O)N2CCCC(F)(F)[C@H]3C2)c(F)c1. The molecule has 2 amide bonds. The molecule has 1 fully saturated rings. The van der Waals surface area contributed by atoms with Gasteiger partial charge in [0.1, 0.15) is 23.2 Å². The van der Waals surface area contributed by atoms with Crippen LogP contribution in [0.25, 0.3) is 0 Å². The van der Waals surface area contributed by atoms with Gasteiger partial charge in [-0.1, -0.05) is 0 Å². The summed E-state index contributed by atoms with van der Waals surface area (Å²) in [4.78, 5) is 38.9. The van der Waals surface area contributed by atoms with E-state index in [1.807, 2.05) is 0 Å². The minimum atomic E-state index is -3.26. The van der Waals surface area contributed by atoms with Crippen LogP contribution in [0.15, 0.2) is 23.1 Å². The molecule has 0 aliphatic carbocycles. The molecule has 1 aromatic heterocycles. The fourth-order valence-electron chi connectivity index (χ4n) is 4.13. The minimum absolute atomic E-state index is 0.0375. The number of aryl methyl sites for hydroxylation is 1. The van der Waals surface area contributed by atoms with E-state index in [0.29, 0.717) is 5.56 Å². The molecule has 3 heterocycles. The van der Waals surface area contributed by atoms with E-state index in [1.54, 1.807) is 0 Å². The molecule has 0 spiro atoms. The zero-order valence-electron chi connectivity index (χ0n) is 16.9. The summed E-state index contributed by atoms with van der Waals surface area (Å²) >= 11 is 0. The van der Waals surface area contributed by atoms with Crippen LogP contribution in [0.5, 0.6) is 5.75 Å². The van der Waals surface area contributed by atoms with Crippen molar-refractivity contribution < 1.29 is 32.3 Å². The van der Waals surface area contributed by atoms with Gasteiger partial charge in [0.15, 0.2) is 11.4 Å². The number of carbonyl (C=O) groups excluding carboxylic acids is 2. The smallest absolute Gasteiger partial charge is 0.274 e. The molecule has 1 atom stereocenters. The number of nitrogens with zero attached hydrogens (tertiary/aromatic N) is 2. The van der Waals surface area contributed by atoms with Crippen molar-refractivity contribution in [3.05, 3.63) is 62.6 Å². The average Bonchev–Trinajstić information content (AvgIpc) is 2.84. The summed E-state index contributed by atoms with van der Waals surface area (Å²) < 4.78 is 58.2. The lowest BCUT2D eigenvalue weighted by atomic mass is 10.0. The van der Waals surface area contributed by atoms with Crippen LogP contribution < -0.4 is 10.7 Å². The van der Waals surface area contributed by atoms with Crippen molar-refractivity contribution in [2.45, 2.75) is 38.3 Å². The van der Waals surface area contributed by atoms with E-state index in [0.717, 1.165) is 27.8 Å². The topological polar surface area (TPSA) is 91.6 Å². The van der Waals surface area contributed by atoms with Gasteiger partial charge >= 0.3 is 0 Å². The standard InChI is InChI=1S/C21H19F4N3O4/c1-10-5-13(22)11(14(23)6-10)7-26-19(31)12-8-28-15-9-27(4-2-3-21(15,24)25)20(32)16(28)18(30)17(12)29/h5-6,8,15,30H,2-4,7,9H2,1H3,(H,26,31)/t15-/m1/s1. The highest BCUT2D eigenvalue weighted by Crippen LogP contribution is 2.41. The van der Waals surface area contributed by atoms with Crippen LogP contribution in [0.1, 0.15) is 50.9 Å². The minimum Gasteiger partial charge on any atom is -0.503 e. The molecule has 2 N–H and O–H groups in total. The van der Waals surface area contributed by atoms with Crippen LogP contribution in [0.3, 0.4) is 0 Å². The molecule has 170 valence electrons. The molecule has 1 saturated heterocycles. The molecular formula is C21H19F4N3O4. The van der Waals surface area contributed by atoms with Gasteiger partial charge in [-0.05, 0) is 31.0 Å². The molecule has 4 rings (SSSR count). The van der Waals surface area contributed by atoms with Crippen LogP contribution in [-0.4, -0.2) is 45.4 Å². The Hall–Kier alpha value is -3.37. The number of amides is 2. The third kappa shape index (κ3) is 3.51. The van der Waals surface area contributed by atoms with Gasteiger partial charge in [0, 0.05) is 37.8 Å². The second kappa shape index (κ2) is 7.64. The average molecular weight is 453 g/mol. The first kappa shape index (κ1) is 21.8. The Bertz CT molecular complexity index is 1170. The summed E-state index contributed by atoms with van der Waals surface area (Å²) in [5, 5.41) is 12.5. The van der Waals surface area contributed by atoms with E-state index >= 15 is 0 Å². The zero-order chi connectivity index (χ0) is 23.4. The monoisotopic (exact) mass is 453 g/mol. The number of aromatic hydroxyl groups is 1. The van der Waals surface area contributed by atoms with Crippen molar-refractivity contribution in [2.75, 3.05) is 13.1 Å². The lowest BCUT2D eigenvalue weighted by molar-refractivity contribution is -0.0597. The summed E-state index contributed by atoms with van der Waals surface area (Å²) in [6, 6.07) is 0.550. The number of pyridine rings is 1. The van der Waals surface area contributed by atoms with Crippen molar-refractivity contribution in [1.29, 1.82) is 0 Å². The quantitative estimate of drug-likeness (QED) is 0.699. The predicted molar refractivity (Wildman–Crippen MR) is 104 cm³/mol. The number of rotatable bonds is 3. The number of carbonyl (C=O) groups is 2. The molecule has 11 heteroatoms. The third-order valence-electron chi connectivity index (χ3n) is 5.81. The van der Waals surface area contributed by atoms with Gasteiger partial charge in [-0.25, -0.2) is 17.6 Å². The number of fused-ring (bicyclic) bond motifs is 4. The summed E-state index contributed by atoms with van der Waals surface area (Å²) in [6.45, 7) is 0.568. The lowest BCUT2D eigenvalue weighted by Crippen LogP contribution is -2.48. The van der Waals surface area contributed by atoms with E-state index in [-0.39, 0.29) is 19.5 Å². The number of hydrogen-bond donors (Lipinski definition) is 2. The predicted octanol–water partition coefficient (Wildman–Crippen LogP) is 2.50. The van der Waals surface area contributed by atoms with Crippen molar-refractivity contribution in [3.8, 4) is 5.75 Å². The maximum absolute atomic E-state index is 14.7. The van der Waals surface area contributed by atoms with Gasteiger partial charge in [0.2, 0.25) is 5.43 Å². The fourth-order valence-corrected chi connectivity index (χ4v) is 4.13. The lowest BCUT2D eigenvalue weighted by Gasteiger charge is -2.37. The Morgan fingerprint density at radius 3 is 2.56 bits per heavy atom. The molecule has 1 aromatic carbocycles. The van der Waals surface area contributed by atoms with Gasteiger partial charge in [0.05, 0.1) is 0 Å². The normalized spacial score (nSPS) is 19.3. The van der Waals surface area contributed by atoms with E-state index in [1.165, 1.54) is 6.92 Å². The van der Waals surface area contributed by atoms with Crippen LogP contribution >= 0.6 is 0 Å². The summed E-state index contributed by atoms with van der Waals surface area (Å²) in [5.41, 5.74) is -2.70. The Morgan fingerprint density at radius 1 is 1.25 bits per heavy atom. The molecule has 2 aliphatic rings. The largest absolute Gasteiger partial charge is 0.503 e. The Morgan fingerprint density at radius 2 is 1.91 bits per heavy atom. The van der Waals surface area contributed by atoms with Gasteiger partial charge < -0.3 is 19.9 Å². The number of benzene rings is 1. The molecule has 0 radical (unpaired) electrons. The summed E-state index contributed by atoms with van der Waals surface area (Å²) in [5.74, 6) is -8.11. The maximum Gasteiger partial charge on any atom is 0.274 e. The Kier molecular flexibility index (Phi) is 5.22. The van der Waals surface area contributed by atoms with Crippen LogP contribution in [0.4, 0.5) is 17.6 Å². The van der Waals surface area contributed by atoms with Gasteiger partial charge in [-0.15, -0.1) is 0 Å². The number of nitrogens with one attached hydrogen (secondary N) is 1. The first-order chi connectivity index (χ1) is 15.0. The summed E-state index contributed by atoms with van der Waals surface area (Å²) in [6.07, 6.45) is 0.324. The van der Waals surface area contributed by atoms with Gasteiger partial charge in [-0.2, -0.15) is 0 Å². The molecule has 7 nitrogen and oxygen atoms in total. The number of alkyl halides is 2. The third-order valence-corrected chi connectivity index (χ3v) is 5.81. The Balaban J connectivity index is 1.72. The van der Waals surface area contributed by atoms with E-state index < -0.39 is 76.4 Å². The molecule has 0 saturated carbocycles. The fraction of sp³-hybridized carbons (Fsp3) is 0.381. The molecule has 2 aromatic rings. The van der Waals surface area contributed by atoms with E-state index in [9.17, 15) is 37.1 Å². The maximum atomic E-state index is 14.7. The highest BCUT2D eigenvalue weighted by atomic mass is 19.3. The van der Waals surface area contributed by atoms with Crippen LogP contribution in [0.2, 0.25) is 0 Å². The highest BCUT2D eigenvalue weighted by Gasteiger charge is 2.49. The number of hydrogen-bond acceptors (Lipinski definition) is 4. The number of halogens is 4. The van der Waals surface area contributed by atoms with E-state index in [2.05, 4.69) is 5.32 Å². The van der Waals surface area contributed by atoms with Crippen LogP contribution in [-0.2, 0) is 6.54 Å². The molecule has 2 aliphatic heterocycles. The zero-order valence-corrected chi connectivity index (χ0v) is 16.9. The van der Waals surface area contributed by atoms with Crippen molar-refractivity contribution in [1.82, 2.24) is 14.8 Å². The second-order valence-corrected chi connectivity index (χ2v) is 8.00. The highest BCUT2D eigenvalue weighted by molar-refractivity contribution is 5.99. The van der Waals surface area contributed by atoms with Crippen molar-refractivity contribution >= 4 is 11.8 Å². The number of aromatic nitrogens is 1. The van der Waals surface area contributed by atoms with Crippen LogP contribution in [0, 0.1) is 18.6 Å². The van der Waals surface area contributed by atoms with Gasteiger partial charge in [0.25, 0.3) is 17.7 Å². The molecular weight excluding hydrogens is 434 g/mol. The first-order valence-electron chi connectivity index (χ1n) is 9.89. The van der Waals surface area contributed by atoms with Crippen molar-refractivity contribution in [3.63, 3.8) is 0 Å². The molecule has 32 heavy (non-hydrogen) atoms. The summed E-state index contributed by atoms with van der Waals surface area (Å²) in [7, 11) is 0. The van der Waals surface area contributed by atoms with Gasteiger partial charge in [-0.3, -0.25) is 14.4 Å². The molecule has 2 bridgehead atoms.